The highest BCUT2D eigenvalue weighted by atomic mass is 19.1. The highest BCUT2D eigenvalue weighted by Gasteiger charge is 2.28. The van der Waals surface area contributed by atoms with Gasteiger partial charge in [-0.05, 0) is 56.1 Å². The van der Waals surface area contributed by atoms with Crippen molar-refractivity contribution >= 4 is 10.9 Å². The quantitative estimate of drug-likeness (QED) is 0.784. The molecule has 0 amide bonds. The summed E-state index contributed by atoms with van der Waals surface area (Å²) < 4.78 is 13.4. The molecule has 24 heavy (non-hydrogen) atoms. The number of aromatic nitrogens is 2. The van der Waals surface area contributed by atoms with Crippen LogP contribution >= 0.6 is 0 Å². The van der Waals surface area contributed by atoms with Crippen molar-refractivity contribution in [2.24, 2.45) is 0 Å². The second kappa shape index (κ2) is 6.02. The van der Waals surface area contributed by atoms with Gasteiger partial charge in [0, 0.05) is 41.8 Å². The maximum absolute atomic E-state index is 13.4. The molecule has 3 heterocycles. The lowest BCUT2D eigenvalue weighted by Gasteiger charge is -2.33. The third kappa shape index (κ3) is 2.71. The van der Waals surface area contributed by atoms with E-state index >= 15 is 0 Å². The highest BCUT2D eigenvalue weighted by molar-refractivity contribution is 5.86. The molecule has 4 heteroatoms. The van der Waals surface area contributed by atoms with Crippen molar-refractivity contribution in [2.45, 2.75) is 32.2 Å². The van der Waals surface area contributed by atoms with Crippen molar-refractivity contribution in [2.75, 3.05) is 13.6 Å². The number of aryl methyl sites for hydroxylation is 2. The van der Waals surface area contributed by atoms with Crippen molar-refractivity contribution in [1.82, 2.24) is 14.9 Å². The molecule has 4 rings (SSSR count). The third-order valence-electron chi connectivity index (χ3n) is 5.12. The minimum Gasteiger partial charge on any atom is -0.358 e. The number of hydrogen-bond donors (Lipinski definition) is 1. The van der Waals surface area contributed by atoms with Crippen molar-refractivity contribution in [1.29, 1.82) is 0 Å². The zero-order chi connectivity index (χ0) is 16.7. The molecule has 3 nitrogen and oxygen atoms in total. The second-order valence-corrected chi connectivity index (χ2v) is 6.86. The lowest BCUT2D eigenvalue weighted by Crippen LogP contribution is -2.32. The van der Waals surface area contributed by atoms with E-state index in [9.17, 15) is 4.39 Å². The van der Waals surface area contributed by atoms with E-state index in [0.717, 1.165) is 31.4 Å². The van der Waals surface area contributed by atoms with Gasteiger partial charge >= 0.3 is 0 Å². The van der Waals surface area contributed by atoms with Crippen LogP contribution < -0.4 is 0 Å². The van der Waals surface area contributed by atoms with Gasteiger partial charge in [-0.15, -0.1) is 0 Å². The molecule has 2 aromatic heterocycles. The minimum absolute atomic E-state index is 0.257. The van der Waals surface area contributed by atoms with Crippen LogP contribution in [-0.4, -0.2) is 28.5 Å². The number of rotatable bonds is 3. The van der Waals surface area contributed by atoms with E-state index in [1.807, 2.05) is 0 Å². The summed E-state index contributed by atoms with van der Waals surface area (Å²) in [5, 5.41) is 1.33. The zero-order valence-electron chi connectivity index (χ0n) is 14.1. The summed E-state index contributed by atoms with van der Waals surface area (Å²) in [5.41, 5.74) is 6.25. The number of aromatic amines is 1. The molecule has 1 atom stereocenters. The summed E-state index contributed by atoms with van der Waals surface area (Å²) in [5.74, 6) is -0.257. The van der Waals surface area contributed by atoms with Crippen LogP contribution in [0.15, 0.2) is 36.7 Å². The fourth-order valence-corrected chi connectivity index (χ4v) is 3.89. The summed E-state index contributed by atoms with van der Waals surface area (Å²) in [6.07, 6.45) is 5.88. The first-order chi connectivity index (χ1) is 11.6. The van der Waals surface area contributed by atoms with Crippen molar-refractivity contribution in [3.63, 3.8) is 0 Å². The van der Waals surface area contributed by atoms with Crippen LogP contribution in [0.1, 0.15) is 34.8 Å². The highest BCUT2D eigenvalue weighted by Crippen LogP contribution is 2.37. The van der Waals surface area contributed by atoms with Crippen LogP contribution in [0, 0.1) is 12.7 Å². The molecule has 1 N–H and O–H groups in total. The molecule has 3 aromatic rings. The van der Waals surface area contributed by atoms with E-state index < -0.39 is 0 Å². The fourth-order valence-electron chi connectivity index (χ4n) is 3.89. The van der Waals surface area contributed by atoms with Gasteiger partial charge in [0.05, 0.1) is 6.20 Å². The molecule has 1 aliphatic heterocycles. The van der Waals surface area contributed by atoms with E-state index in [-0.39, 0.29) is 5.82 Å². The predicted molar refractivity (Wildman–Crippen MR) is 94.6 cm³/mol. The Balaban J connectivity index is 1.68. The molecule has 0 aliphatic carbocycles. The lowest BCUT2D eigenvalue weighted by molar-refractivity contribution is 0.220. The standard InChI is InChI=1S/C20H22FN3/c1-13-3-5-17-16(9-13)20-18(23-17)7-8-24(2)19(20)6-4-14-10-15(21)12-22-11-14/h3,5,9-12,19,23H,4,6-8H2,1-2H3. The number of likely N-dealkylation sites (N-methyl/N-ethyl adjacent to an activating group) is 1. The molecule has 0 radical (unpaired) electrons. The van der Waals surface area contributed by atoms with Gasteiger partial charge < -0.3 is 4.98 Å². The molecule has 0 saturated carbocycles. The van der Waals surface area contributed by atoms with Crippen LogP contribution in [-0.2, 0) is 12.8 Å². The first-order valence-electron chi connectivity index (χ1n) is 8.52. The van der Waals surface area contributed by atoms with E-state index in [2.05, 4.69) is 47.0 Å². The Morgan fingerprint density at radius 2 is 2.17 bits per heavy atom. The second-order valence-electron chi connectivity index (χ2n) is 6.86. The van der Waals surface area contributed by atoms with Gasteiger partial charge in [-0.3, -0.25) is 9.88 Å². The maximum atomic E-state index is 13.4. The minimum atomic E-state index is -0.257. The van der Waals surface area contributed by atoms with Crippen LogP contribution in [0.2, 0.25) is 0 Å². The zero-order valence-corrected chi connectivity index (χ0v) is 14.1. The normalized spacial score (nSPS) is 18.0. The number of benzene rings is 1. The van der Waals surface area contributed by atoms with Gasteiger partial charge in [-0.25, -0.2) is 4.39 Å². The van der Waals surface area contributed by atoms with E-state index in [1.54, 1.807) is 12.3 Å². The van der Waals surface area contributed by atoms with Crippen molar-refractivity contribution < 1.29 is 4.39 Å². The summed E-state index contributed by atoms with van der Waals surface area (Å²) >= 11 is 0. The Morgan fingerprint density at radius 3 is 3.00 bits per heavy atom. The maximum Gasteiger partial charge on any atom is 0.141 e. The number of hydrogen-bond acceptors (Lipinski definition) is 2. The lowest BCUT2D eigenvalue weighted by atomic mass is 9.91. The Labute approximate surface area is 141 Å². The van der Waals surface area contributed by atoms with Gasteiger partial charge in [-0.1, -0.05) is 11.6 Å². The Morgan fingerprint density at radius 1 is 1.29 bits per heavy atom. The van der Waals surface area contributed by atoms with E-state index in [1.165, 1.54) is 33.9 Å². The molecule has 0 bridgehead atoms. The molecule has 1 aromatic carbocycles. The van der Waals surface area contributed by atoms with Crippen LogP contribution in [0.25, 0.3) is 10.9 Å². The van der Waals surface area contributed by atoms with Crippen LogP contribution in [0.4, 0.5) is 4.39 Å². The van der Waals surface area contributed by atoms with Gasteiger partial charge in [-0.2, -0.15) is 0 Å². The van der Waals surface area contributed by atoms with E-state index in [0.29, 0.717) is 6.04 Å². The number of H-pyrrole nitrogens is 1. The third-order valence-corrected chi connectivity index (χ3v) is 5.12. The summed E-state index contributed by atoms with van der Waals surface area (Å²) in [6.45, 7) is 3.18. The fraction of sp³-hybridized carbons (Fsp3) is 0.350. The molecule has 0 fully saturated rings. The first-order valence-corrected chi connectivity index (χ1v) is 8.52. The number of fused-ring (bicyclic) bond motifs is 3. The molecule has 0 saturated heterocycles. The summed E-state index contributed by atoms with van der Waals surface area (Å²) in [4.78, 5) is 9.99. The number of nitrogens with one attached hydrogen (secondary N) is 1. The molecule has 1 unspecified atom stereocenters. The predicted octanol–water partition coefficient (Wildman–Crippen LogP) is 4.17. The Hall–Kier alpha value is -2.20. The average Bonchev–Trinajstić information content (AvgIpc) is 2.92. The molecular formula is C20H22FN3. The van der Waals surface area contributed by atoms with Gasteiger partial charge in [0.25, 0.3) is 0 Å². The van der Waals surface area contributed by atoms with Crippen LogP contribution in [0.3, 0.4) is 0 Å². The molecular weight excluding hydrogens is 301 g/mol. The Kier molecular flexibility index (Phi) is 3.85. The summed E-state index contributed by atoms with van der Waals surface area (Å²) in [6, 6.07) is 8.56. The number of pyridine rings is 1. The first kappa shape index (κ1) is 15.3. The Bertz CT molecular complexity index is 884. The van der Waals surface area contributed by atoms with Crippen molar-refractivity contribution in [3.8, 4) is 0 Å². The van der Waals surface area contributed by atoms with Crippen LogP contribution in [0.5, 0.6) is 0 Å². The van der Waals surface area contributed by atoms with Gasteiger partial charge in [0.1, 0.15) is 5.82 Å². The van der Waals surface area contributed by atoms with Gasteiger partial charge in [0.15, 0.2) is 0 Å². The summed E-state index contributed by atoms with van der Waals surface area (Å²) in [7, 11) is 2.19. The molecule has 0 spiro atoms. The van der Waals surface area contributed by atoms with E-state index in [4.69, 9.17) is 0 Å². The van der Waals surface area contributed by atoms with Gasteiger partial charge in [0.2, 0.25) is 0 Å². The van der Waals surface area contributed by atoms with Crippen molar-refractivity contribution in [3.05, 3.63) is 64.9 Å². The smallest absolute Gasteiger partial charge is 0.141 e. The monoisotopic (exact) mass is 323 g/mol. The average molecular weight is 323 g/mol. The number of halogens is 1. The number of nitrogens with zero attached hydrogens (tertiary/aromatic N) is 2. The largest absolute Gasteiger partial charge is 0.358 e. The molecule has 1 aliphatic rings. The SMILES string of the molecule is Cc1ccc2[nH]c3c(c2c1)C(CCc1cncc(F)c1)N(C)CC3. The molecule has 124 valence electrons. The topological polar surface area (TPSA) is 31.9 Å².